The van der Waals surface area contributed by atoms with Crippen molar-refractivity contribution in [2.75, 3.05) is 5.32 Å². The van der Waals surface area contributed by atoms with Crippen LogP contribution in [0, 0.1) is 0 Å². The molecule has 3 aromatic rings. The lowest BCUT2D eigenvalue weighted by atomic mass is 10.00. The molecule has 0 atom stereocenters. The quantitative estimate of drug-likeness (QED) is 0.422. The van der Waals surface area contributed by atoms with Gasteiger partial charge in [-0.1, -0.05) is 80.3 Å². The fraction of sp³-hybridized carbons (Fsp3) is 0.0909. The van der Waals surface area contributed by atoms with Crippen LogP contribution in [0.4, 0.5) is 5.69 Å². The largest absolute Gasteiger partial charge is 0.358 e. The molecule has 0 aromatic heterocycles. The van der Waals surface area contributed by atoms with Gasteiger partial charge in [0, 0.05) is 16.8 Å². The number of hydrogen-bond acceptors (Lipinski definition) is 1. The number of benzene rings is 3. The summed E-state index contributed by atoms with van der Waals surface area (Å²) < 4.78 is 0. The van der Waals surface area contributed by atoms with E-state index in [1.165, 1.54) is 27.2 Å². The third-order valence-corrected chi connectivity index (χ3v) is 3.99. The lowest BCUT2D eigenvalue weighted by molar-refractivity contribution is 1.11. The van der Waals surface area contributed by atoms with Crippen molar-refractivity contribution in [2.24, 2.45) is 0 Å². The van der Waals surface area contributed by atoms with Crippen LogP contribution in [0.5, 0.6) is 0 Å². The molecule has 1 N–H and O–H groups in total. The minimum Gasteiger partial charge on any atom is -0.358 e. The maximum Gasteiger partial charge on any atom is 0.0467 e. The molecule has 0 saturated carbocycles. The van der Waals surface area contributed by atoms with E-state index in [4.69, 9.17) is 0 Å². The van der Waals surface area contributed by atoms with Crippen molar-refractivity contribution in [3.05, 3.63) is 91.2 Å². The summed E-state index contributed by atoms with van der Waals surface area (Å²) in [5.74, 6) is 0. The molecule has 0 aliphatic heterocycles. The maximum absolute atomic E-state index is 3.71. The first-order chi connectivity index (χ1) is 11.3. The van der Waals surface area contributed by atoms with Crippen molar-refractivity contribution in [3.63, 3.8) is 0 Å². The Bertz CT molecular complexity index is 900. The molecule has 1 heteroatoms. The predicted octanol–water partition coefficient (Wildman–Crippen LogP) is 6.44. The topological polar surface area (TPSA) is 12.0 Å². The zero-order valence-corrected chi connectivity index (χ0v) is 13.4. The number of fused-ring (bicyclic) bond motifs is 3. The van der Waals surface area contributed by atoms with Crippen molar-refractivity contribution in [3.8, 4) is 0 Å². The molecule has 0 aliphatic carbocycles. The molecule has 0 aliphatic rings. The Morgan fingerprint density at radius 1 is 0.957 bits per heavy atom. The third kappa shape index (κ3) is 3.19. The molecule has 0 fully saturated rings. The van der Waals surface area contributed by atoms with Crippen molar-refractivity contribution in [1.29, 1.82) is 0 Å². The van der Waals surface area contributed by atoms with Gasteiger partial charge >= 0.3 is 0 Å². The highest BCUT2D eigenvalue weighted by atomic mass is 14.9. The van der Waals surface area contributed by atoms with Crippen LogP contribution in [-0.4, -0.2) is 0 Å². The minimum absolute atomic E-state index is 0.947. The Morgan fingerprint density at radius 2 is 1.65 bits per heavy atom. The maximum atomic E-state index is 3.71. The smallest absolute Gasteiger partial charge is 0.0467 e. The molecule has 0 spiro atoms. The molecule has 0 radical (unpaired) electrons. The molecule has 114 valence electrons. The van der Waals surface area contributed by atoms with E-state index in [0.29, 0.717) is 0 Å². The highest BCUT2D eigenvalue weighted by Gasteiger charge is 2.06. The highest BCUT2D eigenvalue weighted by molar-refractivity contribution is 6.13. The van der Waals surface area contributed by atoms with Crippen LogP contribution in [0.3, 0.4) is 0 Å². The van der Waals surface area contributed by atoms with Gasteiger partial charge in [-0.15, -0.1) is 0 Å². The Kier molecular flexibility index (Phi) is 4.58. The van der Waals surface area contributed by atoms with E-state index in [1.54, 1.807) is 6.08 Å². The second-order valence-electron chi connectivity index (χ2n) is 5.48. The Balaban J connectivity index is 2.13. The van der Waals surface area contributed by atoms with Gasteiger partial charge in [-0.05, 0) is 34.7 Å². The van der Waals surface area contributed by atoms with E-state index in [9.17, 15) is 0 Å². The molecule has 0 bridgehead atoms. The summed E-state index contributed by atoms with van der Waals surface area (Å²) in [6.45, 7) is 5.86. The van der Waals surface area contributed by atoms with Crippen molar-refractivity contribution < 1.29 is 0 Å². The summed E-state index contributed by atoms with van der Waals surface area (Å²) in [5, 5.41) is 8.68. The van der Waals surface area contributed by atoms with Gasteiger partial charge in [0.05, 0.1) is 0 Å². The number of allylic oxidation sites excluding steroid dienone is 5. The van der Waals surface area contributed by atoms with Crippen LogP contribution in [-0.2, 0) is 0 Å². The number of rotatable bonds is 5. The molecule has 0 unspecified atom stereocenters. The van der Waals surface area contributed by atoms with Gasteiger partial charge in [0.1, 0.15) is 0 Å². The molecule has 0 saturated heterocycles. The average Bonchev–Trinajstić information content (AvgIpc) is 2.61. The summed E-state index contributed by atoms with van der Waals surface area (Å²) in [7, 11) is 0. The summed E-state index contributed by atoms with van der Waals surface area (Å²) in [6, 6.07) is 19.3. The summed E-state index contributed by atoms with van der Waals surface area (Å²) >= 11 is 0. The molecular weight excluding hydrogens is 278 g/mol. The Hall–Kier alpha value is -2.80. The molecule has 0 amide bonds. The zero-order valence-electron chi connectivity index (χ0n) is 13.4. The van der Waals surface area contributed by atoms with Crippen LogP contribution in [0.1, 0.15) is 13.3 Å². The fourth-order valence-corrected chi connectivity index (χ4v) is 2.83. The number of anilines is 1. The van der Waals surface area contributed by atoms with E-state index in [0.717, 1.165) is 12.1 Å². The van der Waals surface area contributed by atoms with Crippen LogP contribution in [0.2, 0.25) is 0 Å². The number of nitrogens with one attached hydrogen (secondary N) is 1. The van der Waals surface area contributed by atoms with Crippen LogP contribution in [0.15, 0.2) is 91.2 Å². The molecule has 0 heterocycles. The van der Waals surface area contributed by atoms with Gasteiger partial charge in [0.25, 0.3) is 0 Å². The standard InChI is InChI=1S/C22H21N/c1-3-5-6-12-18(4-2)23-22-16-17-11-7-8-13-19(17)20-14-9-10-15-21(20)22/h3,5-16,23H,1,4H2,2H3/b6-5-,18-12+. The predicted molar refractivity (Wildman–Crippen MR) is 103 cm³/mol. The Labute approximate surface area is 137 Å². The third-order valence-electron chi connectivity index (χ3n) is 3.99. The van der Waals surface area contributed by atoms with E-state index in [2.05, 4.69) is 79.5 Å². The van der Waals surface area contributed by atoms with Gasteiger partial charge in [0.15, 0.2) is 0 Å². The lowest BCUT2D eigenvalue weighted by Gasteiger charge is -2.14. The second-order valence-corrected chi connectivity index (χ2v) is 5.48. The first kappa shape index (κ1) is 15.1. The summed E-state index contributed by atoms with van der Waals surface area (Å²) in [6.07, 6.45) is 8.79. The number of hydrogen-bond donors (Lipinski definition) is 1. The minimum atomic E-state index is 0.947. The van der Waals surface area contributed by atoms with Crippen LogP contribution < -0.4 is 5.32 Å². The first-order valence-corrected chi connectivity index (χ1v) is 7.99. The van der Waals surface area contributed by atoms with Crippen molar-refractivity contribution >= 4 is 27.2 Å². The van der Waals surface area contributed by atoms with Gasteiger partial charge in [-0.2, -0.15) is 0 Å². The van der Waals surface area contributed by atoms with Crippen molar-refractivity contribution in [2.45, 2.75) is 13.3 Å². The second kappa shape index (κ2) is 6.97. The van der Waals surface area contributed by atoms with Crippen LogP contribution in [0.25, 0.3) is 21.5 Å². The van der Waals surface area contributed by atoms with Gasteiger partial charge < -0.3 is 5.32 Å². The van der Waals surface area contributed by atoms with Gasteiger partial charge in [-0.3, -0.25) is 0 Å². The van der Waals surface area contributed by atoms with Crippen LogP contribution >= 0.6 is 0 Å². The molecular formula is C22H21N. The fourth-order valence-electron chi connectivity index (χ4n) is 2.83. The molecule has 3 aromatic carbocycles. The Morgan fingerprint density at radius 3 is 2.39 bits per heavy atom. The normalized spacial score (nSPS) is 12.1. The first-order valence-electron chi connectivity index (χ1n) is 7.99. The van der Waals surface area contributed by atoms with E-state index in [1.807, 2.05) is 12.2 Å². The van der Waals surface area contributed by atoms with E-state index >= 15 is 0 Å². The van der Waals surface area contributed by atoms with E-state index < -0.39 is 0 Å². The summed E-state index contributed by atoms with van der Waals surface area (Å²) in [5.41, 5.74) is 2.34. The highest BCUT2D eigenvalue weighted by Crippen LogP contribution is 2.32. The zero-order chi connectivity index (χ0) is 16.1. The van der Waals surface area contributed by atoms with E-state index in [-0.39, 0.29) is 0 Å². The van der Waals surface area contributed by atoms with Crippen molar-refractivity contribution in [1.82, 2.24) is 0 Å². The molecule has 3 rings (SSSR count). The SMILES string of the molecule is C=C/C=C\C=C(/CC)Nc1cc2ccccc2c2ccccc12. The van der Waals surface area contributed by atoms with Gasteiger partial charge in [0.2, 0.25) is 0 Å². The lowest BCUT2D eigenvalue weighted by Crippen LogP contribution is -1.99. The van der Waals surface area contributed by atoms with Gasteiger partial charge in [-0.25, -0.2) is 0 Å². The monoisotopic (exact) mass is 299 g/mol. The average molecular weight is 299 g/mol. The molecule has 1 nitrogen and oxygen atoms in total. The molecule has 23 heavy (non-hydrogen) atoms. The summed E-state index contributed by atoms with van der Waals surface area (Å²) in [4.78, 5) is 0.